The fraction of sp³-hybridized carbons (Fsp3) is 0.0455. The number of fused-ring (bicyclic) bond motifs is 1. The van der Waals surface area contributed by atoms with Gasteiger partial charge in [0.05, 0.1) is 16.2 Å². The topological polar surface area (TPSA) is 154 Å². The molecule has 4 rings (SSSR count). The Hall–Kier alpha value is -4.44. The molecule has 0 atom stereocenters. The van der Waals surface area contributed by atoms with E-state index >= 15 is 0 Å². The van der Waals surface area contributed by atoms with E-state index in [1.807, 2.05) is 0 Å². The molecule has 0 unspecified atom stereocenters. The lowest BCUT2D eigenvalue weighted by Gasteiger charge is -2.17. The average Bonchev–Trinajstić information content (AvgIpc) is 2.84. The van der Waals surface area contributed by atoms with Crippen LogP contribution in [-0.2, 0) is 27.2 Å². The lowest BCUT2D eigenvalue weighted by atomic mass is 10.2. The standard InChI is InChI=1S/C22H13F3N2O9S2/c23-22(24,25)14-5-2-8-17(11-14)38(33,34)36-19-9-1-4-13-10-18(21(28)35-20(13)19)26(37(31)32)15-6-3-7-16(12-15)27(29)30/h1-12,37H. The lowest BCUT2D eigenvalue weighted by Crippen LogP contribution is -2.21. The average molecular weight is 570 g/mol. The van der Waals surface area contributed by atoms with Crippen molar-refractivity contribution in [2.75, 3.05) is 4.31 Å². The van der Waals surface area contributed by atoms with Gasteiger partial charge in [-0.1, -0.05) is 24.3 Å². The quantitative estimate of drug-likeness (QED) is 0.113. The molecule has 0 N–H and O–H groups in total. The van der Waals surface area contributed by atoms with Gasteiger partial charge in [-0.25, -0.2) is 17.5 Å². The molecule has 0 bridgehead atoms. The van der Waals surface area contributed by atoms with Crippen molar-refractivity contribution in [3.63, 3.8) is 0 Å². The van der Waals surface area contributed by atoms with Crippen LogP contribution in [0.25, 0.3) is 11.0 Å². The van der Waals surface area contributed by atoms with E-state index in [1.165, 1.54) is 24.3 Å². The Bertz CT molecular complexity index is 1810. The molecule has 38 heavy (non-hydrogen) atoms. The van der Waals surface area contributed by atoms with Gasteiger partial charge in [0.25, 0.3) is 5.69 Å². The van der Waals surface area contributed by atoms with E-state index in [4.69, 9.17) is 8.60 Å². The Morgan fingerprint density at radius 3 is 2.32 bits per heavy atom. The van der Waals surface area contributed by atoms with Crippen LogP contribution in [0.4, 0.5) is 30.2 Å². The number of non-ortho nitro benzene ring substituents is 1. The molecule has 1 heterocycles. The van der Waals surface area contributed by atoms with Gasteiger partial charge < -0.3 is 8.60 Å². The maximum Gasteiger partial charge on any atom is 0.416 e. The summed E-state index contributed by atoms with van der Waals surface area (Å²) in [6, 6.07) is 11.9. The number of alkyl halides is 3. The molecule has 11 nitrogen and oxygen atoms in total. The maximum atomic E-state index is 13.0. The van der Waals surface area contributed by atoms with E-state index in [1.54, 1.807) is 0 Å². The van der Waals surface area contributed by atoms with E-state index in [0.29, 0.717) is 16.4 Å². The van der Waals surface area contributed by atoms with Crippen LogP contribution in [0.3, 0.4) is 0 Å². The minimum absolute atomic E-state index is 0.0244. The molecule has 0 amide bonds. The molecule has 198 valence electrons. The van der Waals surface area contributed by atoms with Crippen LogP contribution in [0, 0.1) is 10.1 Å². The summed E-state index contributed by atoms with van der Waals surface area (Å²) in [6.07, 6.45) is -4.82. The summed E-state index contributed by atoms with van der Waals surface area (Å²) in [7, 11) is -8.39. The minimum Gasteiger partial charge on any atom is -0.417 e. The zero-order chi connectivity index (χ0) is 27.8. The van der Waals surface area contributed by atoms with Crippen molar-refractivity contribution < 1.29 is 43.5 Å². The van der Waals surface area contributed by atoms with Crippen molar-refractivity contribution in [2.45, 2.75) is 11.1 Å². The van der Waals surface area contributed by atoms with Gasteiger partial charge in [0.15, 0.2) is 11.3 Å². The highest BCUT2D eigenvalue weighted by Crippen LogP contribution is 2.34. The SMILES string of the molecule is O=c1oc2c(OS(=O)(=O)c3cccc(C(F)(F)F)c3)cccc2cc1N(c1cccc([N+](=O)[O-])c1)[SH](=O)=O. The first kappa shape index (κ1) is 26.6. The molecule has 0 fully saturated rings. The summed E-state index contributed by atoms with van der Waals surface area (Å²) < 4.78 is 99.0. The number of nitro groups is 1. The van der Waals surface area contributed by atoms with E-state index < -0.39 is 70.9 Å². The molecule has 16 heteroatoms. The lowest BCUT2D eigenvalue weighted by molar-refractivity contribution is -0.384. The first-order valence-corrected chi connectivity index (χ1v) is 12.7. The van der Waals surface area contributed by atoms with Gasteiger partial charge in [0, 0.05) is 17.5 Å². The number of thiol groups is 1. The van der Waals surface area contributed by atoms with Crippen LogP contribution in [0.2, 0.25) is 0 Å². The van der Waals surface area contributed by atoms with Crippen molar-refractivity contribution in [2.24, 2.45) is 0 Å². The molecule has 0 aliphatic rings. The second-order valence-corrected chi connectivity index (χ2v) is 9.91. The third kappa shape index (κ3) is 5.30. The highest BCUT2D eigenvalue weighted by molar-refractivity contribution is 7.87. The number of nitrogens with zero attached hydrogens (tertiary/aromatic N) is 2. The van der Waals surface area contributed by atoms with Crippen LogP contribution in [0.15, 0.2) is 86.9 Å². The van der Waals surface area contributed by atoms with E-state index in [0.717, 1.165) is 36.4 Å². The number of hydrogen-bond donors (Lipinski definition) is 1. The van der Waals surface area contributed by atoms with Crippen LogP contribution in [0.1, 0.15) is 5.56 Å². The van der Waals surface area contributed by atoms with Crippen molar-refractivity contribution in [3.8, 4) is 5.75 Å². The van der Waals surface area contributed by atoms with Crippen molar-refractivity contribution in [3.05, 3.63) is 98.9 Å². The van der Waals surface area contributed by atoms with Crippen LogP contribution < -0.4 is 14.1 Å². The Balaban J connectivity index is 1.79. The number of nitro benzene ring substituents is 1. The van der Waals surface area contributed by atoms with Crippen molar-refractivity contribution >= 4 is 49.0 Å². The van der Waals surface area contributed by atoms with Crippen molar-refractivity contribution in [1.82, 2.24) is 0 Å². The van der Waals surface area contributed by atoms with E-state index in [-0.39, 0.29) is 11.1 Å². The first-order chi connectivity index (χ1) is 17.8. The molecular weight excluding hydrogens is 557 g/mol. The van der Waals surface area contributed by atoms with Gasteiger partial charge >= 0.3 is 21.9 Å². The predicted molar refractivity (Wildman–Crippen MR) is 127 cm³/mol. The smallest absolute Gasteiger partial charge is 0.416 e. The summed E-state index contributed by atoms with van der Waals surface area (Å²) in [4.78, 5) is 22.3. The summed E-state index contributed by atoms with van der Waals surface area (Å²) in [6.45, 7) is 0. The molecule has 0 spiro atoms. The molecule has 0 aliphatic heterocycles. The molecular formula is C22H13F3N2O9S2. The predicted octanol–water partition coefficient (Wildman–Crippen LogP) is 4.15. The number of benzene rings is 3. The molecule has 0 aliphatic carbocycles. The second-order valence-electron chi connectivity index (χ2n) is 7.48. The summed E-state index contributed by atoms with van der Waals surface area (Å²) in [5, 5.41) is 11.1. The monoisotopic (exact) mass is 570 g/mol. The molecule has 1 aromatic heterocycles. The van der Waals surface area contributed by atoms with Crippen LogP contribution in [0.5, 0.6) is 5.75 Å². The summed E-state index contributed by atoms with van der Waals surface area (Å²) in [5.74, 6) is -0.558. The highest BCUT2D eigenvalue weighted by atomic mass is 32.2. The second kappa shape index (κ2) is 9.79. The number of para-hydroxylation sites is 1. The molecule has 4 aromatic rings. The fourth-order valence-corrected chi connectivity index (χ4v) is 4.98. The zero-order valence-electron chi connectivity index (χ0n) is 18.5. The molecule has 0 radical (unpaired) electrons. The third-order valence-corrected chi connectivity index (χ3v) is 7.03. The Morgan fingerprint density at radius 2 is 1.66 bits per heavy atom. The largest absolute Gasteiger partial charge is 0.417 e. The summed E-state index contributed by atoms with van der Waals surface area (Å²) in [5.41, 5.74) is -4.24. The Labute approximate surface area is 212 Å². The fourth-order valence-electron chi connectivity index (χ4n) is 3.37. The van der Waals surface area contributed by atoms with Gasteiger partial charge in [-0.3, -0.25) is 10.1 Å². The minimum atomic E-state index is -4.83. The first-order valence-electron chi connectivity index (χ1n) is 10.2. The molecule has 0 saturated heterocycles. The van der Waals surface area contributed by atoms with Gasteiger partial charge in [0.1, 0.15) is 10.6 Å². The highest BCUT2D eigenvalue weighted by Gasteiger charge is 2.32. The number of halogens is 3. The number of anilines is 2. The van der Waals surface area contributed by atoms with E-state index in [9.17, 15) is 44.9 Å². The van der Waals surface area contributed by atoms with Gasteiger partial charge in [-0.05, 0) is 36.4 Å². The van der Waals surface area contributed by atoms with Gasteiger partial charge in [-0.15, -0.1) is 0 Å². The number of hydrogen-bond acceptors (Lipinski definition) is 9. The summed E-state index contributed by atoms with van der Waals surface area (Å²) >= 11 is 0. The normalized spacial score (nSPS) is 12.0. The maximum absolute atomic E-state index is 13.0. The zero-order valence-corrected chi connectivity index (χ0v) is 20.2. The molecule has 0 saturated carbocycles. The third-order valence-electron chi connectivity index (χ3n) is 5.03. The van der Waals surface area contributed by atoms with Crippen LogP contribution in [-0.4, -0.2) is 21.8 Å². The van der Waals surface area contributed by atoms with Gasteiger partial charge in [0.2, 0.25) is 10.9 Å². The van der Waals surface area contributed by atoms with E-state index in [2.05, 4.69) is 0 Å². The Morgan fingerprint density at radius 1 is 0.974 bits per heavy atom. The van der Waals surface area contributed by atoms with Crippen molar-refractivity contribution in [1.29, 1.82) is 0 Å². The number of rotatable bonds is 7. The van der Waals surface area contributed by atoms with Gasteiger partial charge in [-0.2, -0.15) is 21.6 Å². The van der Waals surface area contributed by atoms with Crippen LogP contribution >= 0.6 is 0 Å². The Kier molecular flexibility index (Phi) is 6.86. The molecule has 3 aromatic carbocycles.